The minimum absolute atomic E-state index is 0.656. The number of rotatable bonds is 5. The molecular weight excluding hydrogens is 731 g/mol. The van der Waals surface area contributed by atoms with Crippen molar-refractivity contribution in [1.29, 1.82) is 0 Å². The maximum atomic E-state index is 6.97. The highest BCUT2D eigenvalue weighted by molar-refractivity contribution is 6.03. The number of benzene rings is 8. The first kappa shape index (κ1) is 34.1. The fraction of sp³-hybridized carbons (Fsp3) is 0.0179. The van der Waals surface area contributed by atoms with Crippen molar-refractivity contribution >= 4 is 10.9 Å². The Morgan fingerprint density at radius 1 is 0.350 bits per heavy atom. The molecule has 4 nitrogen and oxygen atoms in total. The third kappa shape index (κ3) is 5.21. The minimum Gasteiger partial charge on any atom is -0.457 e. The number of aromatic nitrogens is 3. The van der Waals surface area contributed by atoms with Crippen molar-refractivity contribution in [3.8, 4) is 78.8 Å². The predicted molar refractivity (Wildman–Crippen MR) is 242 cm³/mol. The predicted octanol–water partition coefficient (Wildman–Crippen LogP) is 13.8. The SMILES string of the molecule is c1ccc(-c2cc(-c3ccccc3)nc(-c3ccc4c(c3)C3(c5cc(-c6ccc(-c7ccccc7)c7cccnc67)ccc5O4)c4ccccc4-c4ccccc43)n2)cc1. The second-order valence-electron chi connectivity index (χ2n) is 15.5. The number of hydrogen-bond acceptors (Lipinski definition) is 4. The molecule has 0 saturated heterocycles. The lowest BCUT2D eigenvalue weighted by molar-refractivity contribution is 0.436. The Kier molecular flexibility index (Phi) is 7.72. The molecule has 4 heteroatoms. The molecule has 8 aromatic carbocycles. The maximum absolute atomic E-state index is 6.97. The first-order valence-electron chi connectivity index (χ1n) is 20.3. The van der Waals surface area contributed by atoms with E-state index in [-0.39, 0.29) is 0 Å². The van der Waals surface area contributed by atoms with Crippen molar-refractivity contribution in [2.24, 2.45) is 0 Å². The molecule has 0 bridgehead atoms. The molecule has 12 rings (SSSR count). The molecule has 0 fully saturated rings. The maximum Gasteiger partial charge on any atom is 0.160 e. The van der Waals surface area contributed by atoms with E-state index in [9.17, 15) is 0 Å². The Morgan fingerprint density at radius 3 is 1.48 bits per heavy atom. The van der Waals surface area contributed by atoms with E-state index < -0.39 is 5.41 Å². The second-order valence-corrected chi connectivity index (χ2v) is 15.5. The first-order valence-corrected chi connectivity index (χ1v) is 20.3. The van der Waals surface area contributed by atoms with E-state index in [4.69, 9.17) is 19.7 Å². The lowest BCUT2D eigenvalue weighted by Gasteiger charge is -2.40. The van der Waals surface area contributed by atoms with E-state index in [1.165, 1.54) is 27.8 Å². The van der Waals surface area contributed by atoms with E-state index >= 15 is 0 Å². The minimum atomic E-state index is -0.700. The number of nitrogens with zero attached hydrogens (tertiary/aromatic N) is 3. The fourth-order valence-corrected chi connectivity index (χ4v) is 9.57. The Labute approximate surface area is 348 Å². The number of fused-ring (bicyclic) bond motifs is 10. The summed E-state index contributed by atoms with van der Waals surface area (Å²) in [4.78, 5) is 15.5. The van der Waals surface area contributed by atoms with Crippen molar-refractivity contribution in [2.75, 3.05) is 0 Å². The van der Waals surface area contributed by atoms with Crippen molar-refractivity contribution in [1.82, 2.24) is 15.0 Å². The van der Waals surface area contributed by atoms with Crippen LogP contribution in [0, 0.1) is 0 Å². The van der Waals surface area contributed by atoms with Crippen LogP contribution in [0.4, 0.5) is 0 Å². The summed E-state index contributed by atoms with van der Waals surface area (Å²) in [6.07, 6.45) is 1.89. The summed E-state index contributed by atoms with van der Waals surface area (Å²) >= 11 is 0. The molecule has 0 radical (unpaired) electrons. The largest absolute Gasteiger partial charge is 0.457 e. The normalized spacial score (nSPS) is 12.9. The Bertz CT molecular complexity index is 3190. The summed E-state index contributed by atoms with van der Waals surface area (Å²) in [6, 6.07) is 72.8. The van der Waals surface area contributed by atoms with Crippen LogP contribution in [0.15, 0.2) is 212 Å². The zero-order valence-electron chi connectivity index (χ0n) is 32.5. The molecule has 1 aliphatic carbocycles. The van der Waals surface area contributed by atoms with Gasteiger partial charge in [-0.05, 0) is 81.4 Å². The zero-order valence-corrected chi connectivity index (χ0v) is 32.5. The molecule has 10 aromatic rings. The van der Waals surface area contributed by atoms with Gasteiger partial charge in [-0.25, -0.2) is 9.97 Å². The summed E-state index contributed by atoms with van der Waals surface area (Å²) in [6.45, 7) is 0. The van der Waals surface area contributed by atoms with E-state index in [2.05, 4.69) is 188 Å². The molecule has 60 heavy (non-hydrogen) atoms. The standard InChI is InChI=1S/C56H35N3O/c1-4-15-36(16-5-1)41-28-29-42(54-45(41)23-14-32-57-54)39-26-30-52-48(33-39)56(46-24-12-10-21-43(46)44-22-11-13-25-47(44)56)49-34-40(27-31-53(49)60-52)55-58-50(37-17-6-2-7-18-37)35-51(59-55)38-19-8-3-9-20-38/h1-35H. The van der Waals surface area contributed by atoms with Gasteiger partial charge in [0.05, 0.1) is 22.3 Å². The van der Waals surface area contributed by atoms with Crippen molar-refractivity contribution in [3.05, 3.63) is 235 Å². The molecule has 280 valence electrons. The summed E-state index contributed by atoms with van der Waals surface area (Å²) in [5, 5.41) is 1.11. The number of pyridine rings is 1. The van der Waals surface area contributed by atoms with Gasteiger partial charge in [0.1, 0.15) is 11.5 Å². The van der Waals surface area contributed by atoms with Crippen molar-refractivity contribution in [3.63, 3.8) is 0 Å². The molecular formula is C56H35N3O. The third-order valence-corrected chi connectivity index (χ3v) is 12.2. The summed E-state index contributed by atoms with van der Waals surface area (Å²) < 4.78 is 6.97. The van der Waals surface area contributed by atoms with Gasteiger partial charge in [-0.3, -0.25) is 4.98 Å². The fourth-order valence-electron chi connectivity index (χ4n) is 9.57. The Balaban J connectivity index is 1.10. The molecule has 1 aliphatic heterocycles. The van der Waals surface area contributed by atoms with Crippen LogP contribution in [0.2, 0.25) is 0 Å². The Hall–Kier alpha value is -7.95. The Morgan fingerprint density at radius 2 is 0.867 bits per heavy atom. The van der Waals surface area contributed by atoms with E-state index in [1.807, 2.05) is 24.4 Å². The quantitative estimate of drug-likeness (QED) is 0.175. The van der Waals surface area contributed by atoms with Crippen LogP contribution in [0.1, 0.15) is 22.3 Å². The van der Waals surface area contributed by atoms with Crippen molar-refractivity contribution in [2.45, 2.75) is 5.41 Å². The van der Waals surface area contributed by atoms with Crippen molar-refractivity contribution < 1.29 is 4.74 Å². The molecule has 0 saturated carbocycles. The van der Waals surface area contributed by atoms with Gasteiger partial charge in [0.15, 0.2) is 5.82 Å². The average Bonchev–Trinajstić information content (AvgIpc) is 3.62. The molecule has 0 N–H and O–H groups in total. The second kappa shape index (κ2) is 13.6. The van der Waals surface area contributed by atoms with E-state index in [1.54, 1.807) is 0 Å². The summed E-state index contributed by atoms with van der Waals surface area (Å²) in [5.74, 6) is 2.30. The van der Waals surface area contributed by atoms with Crippen LogP contribution in [-0.4, -0.2) is 15.0 Å². The van der Waals surface area contributed by atoms with Gasteiger partial charge >= 0.3 is 0 Å². The van der Waals surface area contributed by atoms with Crippen LogP contribution in [0.5, 0.6) is 11.5 Å². The van der Waals surface area contributed by atoms with Crippen LogP contribution < -0.4 is 4.74 Å². The van der Waals surface area contributed by atoms with Gasteiger partial charge in [-0.2, -0.15) is 0 Å². The van der Waals surface area contributed by atoms with Gasteiger partial charge in [0, 0.05) is 45.0 Å². The highest BCUT2D eigenvalue weighted by Crippen LogP contribution is 2.62. The number of ether oxygens (including phenoxy) is 1. The molecule has 0 atom stereocenters. The van der Waals surface area contributed by atoms with Crippen LogP contribution in [0.3, 0.4) is 0 Å². The summed E-state index contributed by atoms with van der Waals surface area (Å²) in [7, 11) is 0. The molecule has 0 unspecified atom stereocenters. The van der Waals surface area contributed by atoms with Gasteiger partial charge in [0.25, 0.3) is 0 Å². The monoisotopic (exact) mass is 765 g/mol. The van der Waals surface area contributed by atoms with E-state index in [0.29, 0.717) is 5.82 Å². The molecule has 0 amide bonds. The van der Waals surface area contributed by atoms with Gasteiger partial charge < -0.3 is 4.74 Å². The van der Waals surface area contributed by atoms with Crippen LogP contribution in [0.25, 0.3) is 78.2 Å². The average molecular weight is 766 g/mol. The molecule has 2 aliphatic rings. The lowest BCUT2D eigenvalue weighted by atomic mass is 9.65. The first-order chi connectivity index (χ1) is 29.7. The topological polar surface area (TPSA) is 47.9 Å². The molecule has 2 aromatic heterocycles. The molecule has 1 spiro atoms. The smallest absolute Gasteiger partial charge is 0.160 e. The highest BCUT2D eigenvalue weighted by atomic mass is 16.5. The van der Waals surface area contributed by atoms with Crippen LogP contribution >= 0.6 is 0 Å². The van der Waals surface area contributed by atoms with Gasteiger partial charge in [-0.15, -0.1) is 0 Å². The van der Waals surface area contributed by atoms with E-state index in [0.717, 1.165) is 78.3 Å². The third-order valence-electron chi connectivity index (χ3n) is 12.2. The molecule has 3 heterocycles. The van der Waals surface area contributed by atoms with Gasteiger partial charge in [0.2, 0.25) is 0 Å². The number of hydrogen-bond donors (Lipinski definition) is 0. The lowest BCUT2D eigenvalue weighted by Crippen LogP contribution is -2.32. The zero-order chi connectivity index (χ0) is 39.6. The van der Waals surface area contributed by atoms with Gasteiger partial charge in [-0.1, -0.05) is 164 Å². The summed E-state index contributed by atoms with van der Waals surface area (Å²) in [5.41, 5.74) is 16.5. The highest BCUT2D eigenvalue weighted by Gasteiger charge is 2.51. The van der Waals surface area contributed by atoms with Crippen LogP contribution in [-0.2, 0) is 5.41 Å².